The molecule has 5 nitrogen and oxygen atoms in total. The number of carbonyl (C=O) groups is 1. The molecule has 0 aliphatic carbocycles. The fourth-order valence-corrected chi connectivity index (χ4v) is 4.62. The molecule has 1 amide bonds. The van der Waals surface area contributed by atoms with E-state index in [4.69, 9.17) is 32.4 Å². The first kappa shape index (κ1) is 22.5. The van der Waals surface area contributed by atoms with Crippen LogP contribution in [-0.2, 0) is 0 Å². The van der Waals surface area contributed by atoms with Gasteiger partial charge >= 0.3 is 0 Å². The molecule has 1 atom stereocenters. The molecule has 5 rings (SSSR count). The quantitative estimate of drug-likeness (QED) is 0.270. The minimum Gasteiger partial charge on any atom is -0.494 e. The van der Waals surface area contributed by atoms with Crippen LogP contribution in [0.25, 0.3) is 11.0 Å². The van der Waals surface area contributed by atoms with Crippen LogP contribution in [-0.4, -0.2) is 12.5 Å². The molecule has 0 spiro atoms. The van der Waals surface area contributed by atoms with Crippen LogP contribution in [0.15, 0.2) is 75.9 Å². The number of carbonyl (C=O) groups excluding carboxylic acids is 1. The number of rotatable bonds is 6. The van der Waals surface area contributed by atoms with Gasteiger partial charge in [-0.2, -0.15) is 0 Å². The number of benzene rings is 3. The van der Waals surface area contributed by atoms with Gasteiger partial charge in [-0.05, 0) is 60.5 Å². The van der Waals surface area contributed by atoms with Crippen LogP contribution in [0.4, 0.5) is 5.69 Å². The lowest BCUT2D eigenvalue weighted by molar-refractivity contribution is 0.0971. The first-order valence-corrected chi connectivity index (χ1v) is 11.8. The molecule has 1 aromatic heterocycles. The Morgan fingerprint density at radius 2 is 1.76 bits per heavy atom. The number of ether oxygens (including phenoxy) is 1. The zero-order valence-electron chi connectivity index (χ0n) is 18.4. The minimum absolute atomic E-state index is 0.0158. The second-order valence-electron chi connectivity index (χ2n) is 8.15. The molecule has 2 heterocycles. The van der Waals surface area contributed by atoms with Crippen molar-refractivity contribution in [3.63, 3.8) is 0 Å². The molecular formula is C27H21Cl2NO4. The SMILES string of the molecule is CCCCOc1cccc(C2c3c(oc4ccc(Cl)cc4c3=O)C(=O)N2c2cccc(Cl)c2)c1. The van der Waals surface area contributed by atoms with Crippen molar-refractivity contribution in [3.8, 4) is 5.75 Å². The van der Waals surface area contributed by atoms with Crippen molar-refractivity contribution in [2.24, 2.45) is 0 Å². The molecule has 0 fully saturated rings. The topological polar surface area (TPSA) is 59.8 Å². The fourth-order valence-electron chi connectivity index (χ4n) is 4.26. The van der Waals surface area contributed by atoms with E-state index in [1.54, 1.807) is 47.4 Å². The Labute approximate surface area is 206 Å². The Morgan fingerprint density at radius 3 is 2.56 bits per heavy atom. The van der Waals surface area contributed by atoms with Gasteiger partial charge in [0.25, 0.3) is 5.91 Å². The zero-order valence-corrected chi connectivity index (χ0v) is 19.9. The Kier molecular flexibility index (Phi) is 6.07. The van der Waals surface area contributed by atoms with Gasteiger partial charge in [0.2, 0.25) is 5.76 Å². The third-order valence-electron chi connectivity index (χ3n) is 5.86. The van der Waals surface area contributed by atoms with Crippen LogP contribution in [0.2, 0.25) is 10.0 Å². The number of hydrogen-bond acceptors (Lipinski definition) is 4. The van der Waals surface area contributed by atoms with E-state index >= 15 is 0 Å². The second kappa shape index (κ2) is 9.16. The Balaban J connectivity index is 1.72. The van der Waals surface area contributed by atoms with Crippen molar-refractivity contribution in [1.29, 1.82) is 0 Å². The number of halogens is 2. The normalized spacial score (nSPS) is 15.1. The number of amides is 1. The van der Waals surface area contributed by atoms with E-state index in [1.165, 1.54) is 0 Å². The van der Waals surface area contributed by atoms with Crippen molar-refractivity contribution in [2.75, 3.05) is 11.5 Å². The average molecular weight is 494 g/mol. The summed E-state index contributed by atoms with van der Waals surface area (Å²) < 4.78 is 11.9. The molecule has 7 heteroatoms. The van der Waals surface area contributed by atoms with Crippen LogP contribution in [0.1, 0.15) is 47.5 Å². The summed E-state index contributed by atoms with van der Waals surface area (Å²) in [6.07, 6.45) is 1.95. The first-order chi connectivity index (χ1) is 16.5. The maximum Gasteiger partial charge on any atom is 0.295 e. The summed E-state index contributed by atoms with van der Waals surface area (Å²) in [5.41, 5.74) is 1.58. The predicted octanol–water partition coefficient (Wildman–Crippen LogP) is 7.03. The summed E-state index contributed by atoms with van der Waals surface area (Å²) in [7, 11) is 0. The van der Waals surface area contributed by atoms with Crippen LogP contribution in [0.5, 0.6) is 5.75 Å². The van der Waals surface area contributed by atoms with Gasteiger partial charge < -0.3 is 9.15 Å². The smallest absolute Gasteiger partial charge is 0.295 e. The van der Waals surface area contributed by atoms with E-state index in [2.05, 4.69) is 6.92 Å². The maximum absolute atomic E-state index is 13.7. The third kappa shape index (κ3) is 3.95. The molecule has 3 aromatic carbocycles. The predicted molar refractivity (Wildman–Crippen MR) is 134 cm³/mol. The first-order valence-electron chi connectivity index (χ1n) is 11.1. The van der Waals surface area contributed by atoms with Crippen molar-refractivity contribution >= 4 is 45.8 Å². The van der Waals surface area contributed by atoms with Gasteiger partial charge in [0.05, 0.1) is 23.6 Å². The molecule has 0 radical (unpaired) electrons. The second-order valence-corrected chi connectivity index (χ2v) is 9.02. The molecule has 0 bridgehead atoms. The van der Waals surface area contributed by atoms with Crippen molar-refractivity contribution < 1.29 is 13.9 Å². The number of hydrogen-bond donors (Lipinski definition) is 0. The summed E-state index contributed by atoms with van der Waals surface area (Å²) in [6, 6.07) is 18.5. The maximum atomic E-state index is 13.7. The van der Waals surface area contributed by atoms with Gasteiger partial charge in [0.15, 0.2) is 5.43 Å². The van der Waals surface area contributed by atoms with Crippen LogP contribution >= 0.6 is 23.2 Å². The number of unbranched alkanes of at least 4 members (excludes halogenated alkanes) is 1. The van der Waals surface area contributed by atoms with Gasteiger partial charge in [0, 0.05) is 15.7 Å². The van der Waals surface area contributed by atoms with Crippen molar-refractivity contribution in [2.45, 2.75) is 25.8 Å². The van der Waals surface area contributed by atoms with Crippen LogP contribution in [0, 0.1) is 0 Å². The lowest BCUT2D eigenvalue weighted by Gasteiger charge is -2.25. The molecule has 1 aliphatic heterocycles. The lowest BCUT2D eigenvalue weighted by Crippen LogP contribution is -2.29. The summed E-state index contributed by atoms with van der Waals surface area (Å²) in [4.78, 5) is 28.9. The minimum atomic E-state index is -0.713. The summed E-state index contributed by atoms with van der Waals surface area (Å²) in [6.45, 7) is 2.68. The molecule has 1 aliphatic rings. The van der Waals surface area contributed by atoms with E-state index in [-0.39, 0.29) is 16.8 Å². The molecule has 0 saturated carbocycles. The van der Waals surface area contributed by atoms with E-state index in [9.17, 15) is 9.59 Å². The molecule has 0 N–H and O–H groups in total. The molecule has 4 aromatic rings. The van der Waals surface area contributed by atoms with Gasteiger partial charge in [0.1, 0.15) is 11.3 Å². The highest BCUT2D eigenvalue weighted by Gasteiger charge is 2.43. The summed E-state index contributed by atoms with van der Waals surface area (Å²) in [5.74, 6) is 0.279. The van der Waals surface area contributed by atoms with Gasteiger partial charge in [-0.1, -0.05) is 54.7 Å². The number of fused-ring (bicyclic) bond motifs is 2. The fraction of sp³-hybridized carbons (Fsp3) is 0.185. The van der Waals surface area contributed by atoms with E-state index < -0.39 is 11.9 Å². The largest absolute Gasteiger partial charge is 0.494 e. The summed E-state index contributed by atoms with van der Waals surface area (Å²) in [5, 5.41) is 1.22. The highest BCUT2D eigenvalue weighted by atomic mass is 35.5. The van der Waals surface area contributed by atoms with Gasteiger partial charge in [-0.25, -0.2) is 0 Å². The molecule has 1 unspecified atom stereocenters. The Morgan fingerprint density at radius 1 is 0.971 bits per heavy atom. The van der Waals surface area contributed by atoms with E-state index in [1.807, 2.05) is 24.3 Å². The van der Waals surface area contributed by atoms with Crippen LogP contribution in [0.3, 0.4) is 0 Å². The highest BCUT2D eigenvalue weighted by Crippen LogP contribution is 2.42. The molecule has 172 valence electrons. The van der Waals surface area contributed by atoms with Crippen LogP contribution < -0.4 is 15.1 Å². The number of nitrogens with zero attached hydrogens (tertiary/aromatic N) is 1. The van der Waals surface area contributed by atoms with E-state index in [0.29, 0.717) is 39.1 Å². The van der Waals surface area contributed by atoms with Gasteiger partial charge in [-0.15, -0.1) is 0 Å². The Bertz CT molecular complexity index is 1460. The van der Waals surface area contributed by atoms with Crippen molar-refractivity contribution in [3.05, 3.63) is 104 Å². The molecular weight excluding hydrogens is 473 g/mol. The summed E-state index contributed by atoms with van der Waals surface area (Å²) >= 11 is 12.4. The third-order valence-corrected chi connectivity index (χ3v) is 6.33. The zero-order chi connectivity index (χ0) is 23.8. The lowest BCUT2D eigenvalue weighted by atomic mass is 9.98. The monoisotopic (exact) mass is 493 g/mol. The molecule has 34 heavy (non-hydrogen) atoms. The molecule has 0 saturated heterocycles. The highest BCUT2D eigenvalue weighted by molar-refractivity contribution is 6.31. The van der Waals surface area contributed by atoms with E-state index in [0.717, 1.165) is 18.4 Å². The van der Waals surface area contributed by atoms with Crippen molar-refractivity contribution in [1.82, 2.24) is 0 Å². The number of anilines is 1. The Hall–Kier alpha value is -3.28. The average Bonchev–Trinajstić information content (AvgIpc) is 3.12. The van der Waals surface area contributed by atoms with Gasteiger partial charge in [-0.3, -0.25) is 14.5 Å². The standard InChI is InChI=1S/C27H21Cl2NO4/c1-2-3-12-33-20-9-4-6-16(13-20)24-23-25(31)21-15-18(29)10-11-22(21)34-26(23)27(32)30(24)19-8-5-7-17(28)14-19/h4-11,13-15,24H,2-3,12H2,1H3.